The molecular weight excluding hydrogens is 284 g/mol. The van der Waals surface area contributed by atoms with Crippen molar-refractivity contribution in [3.63, 3.8) is 0 Å². The molecule has 2 N–H and O–H groups in total. The number of anilines is 1. The smallest absolute Gasteiger partial charge is 0.271 e. The predicted octanol–water partition coefficient (Wildman–Crippen LogP) is 2.43. The average molecular weight is 294 g/mol. The van der Waals surface area contributed by atoms with E-state index in [0.29, 0.717) is 10.4 Å². The summed E-state index contributed by atoms with van der Waals surface area (Å²) < 4.78 is 26.5. The second-order valence-electron chi connectivity index (χ2n) is 3.81. The van der Waals surface area contributed by atoms with Crippen LogP contribution in [0.1, 0.15) is 10.4 Å². The van der Waals surface area contributed by atoms with Crippen LogP contribution in [-0.2, 0) is 10.0 Å². The fraction of sp³-hybridized carbons (Fsp3) is 0.0833. The first-order valence-corrected chi connectivity index (χ1v) is 7.55. The molecule has 7 heteroatoms. The summed E-state index contributed by atoms with van der Waals surface area (Å²) in [7, 11) is -3.78. The minimum atomic E-state index is -3.78. The zero-order valence-electron chi connectivity index (χ0n) is 9.91. The van der Waals surface area contributed by atoms with Crippen molar-refractivity contribution < 1.29 is 13.5 Å². The van der Waals surface area contributed by atoms with Gasteiger partial charge in [0.15, 0.2) is 0 Å². The van der Waals surface area contributed by atoms with Gasteiger partial charge in [-0.05, 0) is 30.7 Å². The van der Waals surface area contributed by atoms with Crippen LogP contribution in [0.25, 0.3) is 0 Å². The highest BCUT2D eigenvalue weighted by atomic mass is 32.2. The van der Waals surface area contributed by atoms with E-state index >= 15 is 0 Å². The van der Waals surface area contributed by atoms with Gasteiger partial charge in [0.05, 0.1) is 5.69 Å². The van der Waals surface area contributed by atoms with Crippen molar-refractivity contribution in [2.75, 3.05) is 4.72 Å². The summed E-state index contributed by atoms with van der Waals surface area (Å²) in [6.45, 7) is 1.67. The summed E-state index contributed by atoms with van der Waals surface area (Å²) in [5.74, 6) is -0.108. The molecule has 1 aromatic carbocycles. The Balaban J connectivity index is 2.37. The van der Waals surface area contributed by atoms with Gasteiger partial charge in [0.2, 0.25) is 0 Å². The maximum Gasteiger partial charge on any atom is 0.271 e. The number of sulfonamides is 1. The molecular formula is C12H10N2O3S2. The summed E-state index contributed by atoms with van der Waals surface area (Å²) in [6.07, 6.45) is 0. The van der Waals surface area contributed by atoms with Gasteiger partial charge in [-0.15, -0.1) is 11.3 Å². The lowest BCUT2D eigenvalue weighted by Gasteiger charge is -2.09. The minimum Gasteiger partial charge on any atom is -0.505 e. The summed E-state index contributed by atoms with van der Waals surface area (Å²) >= 11 is 0.876. The van der Waals surface area contributed by atoms with Gasteiger partial charge in [0.1, 0.15) is 20.9 Å². The Labute approximate surface area is 114 Å². The van der Waals surface area contributed by atoms with Gasteiger partial charge in [0, 0.05) is 0 Å². The van der Waals surface area contributed by atoms with Crippen LogP contribution in [0, 0.1) is 18.3 Å². The molecule has 98 valence electrons. The highest BCUT2D eigenvalue weighted by Crippen LogP contribution is 2.30. The van der Waals surface area contributed by atoms with E-state index in [4.69, 9.17) is 5.26 Å². The van der Waals surface area contributed by atoms with E-state index in [9.17, 15) is 13.5 Å². The molecule has 0 radical (unpaired) electrons. The molecule has 1 aromatic heterocycles. The number of para-hydroxylation sites is 1. The van der Waals surface area contributed by atoms with Crippen LogP contribution in [0.2, 0.25) is 0 Å². The number of hydrogen-bond acceptors (Lipinski definition) is 5. The van der Waals surface area contributed by atoms with Crippen molar-refractivity contribution in [2.24, 2.45) is 0 Å². The molecule has 0 saturated carbocycles. The molecule has 0 spiro atoms. The van der Waals surface area contributed by atoms with Crippen molar-refractivity contribution in [1.82, 2.24) is 0 Å². The molecule has 0 unspecified atom stereocenters. The maximum absolute atomic E-state index is 12.1. The van der Waals surface area contributed by atoms with E-state index in [1.807, 2.05) is 6.07 Å². The third-order valence-corrected chi connectivity index (χ3v) is 5.29. The zero-order valence-corrected chi connectivity index (χ0v) is 11.5. The summed E-state index contributed by atoms with van der Waals surface area (Å²) in [5, 5.41) is 18.5. The fourth-order valence-electron chi connectivity index (χ4n) is 1.46. The number of phenols is 1. The Morgan fingerprint density at radius 1 is 1.32 bits per heavy atom. The first kappa shape index (κ1) is 13.4. The Bertz CT molecular complexity index is 758. The number of hydrogen-bond donors (Lipinski definition) is 2. The lowest BCUT2D eigenvalue weighted by molar-refractivity contribution is 0.473. The normalized spacial score (nSPS) is 10.9. The van der Waals surface area contributed by atoms with E-state index < -0.39 is 10.0 Å². The van der Waals surface area contributed by atoms with Crippen LogP contribution in [0.4, 0.5) is 5.69 Å². The SMILES string of the molecule is Cc1cccc(NS(=O)(=O)c2ccc(C#N)s2)c1O. The maximum atomic E-state index is 12.1. The molecule has 19 heavy (non-hydrogen) atoms. The molecule has 0 aliphatic rings. The highest BCUT2D eigenvalue weighted by molar-refractivity contribution is 7.94. The lowest BCUT2D eigenvalue weighted by Crippen LogP contribution is -2.11. The van der Waals surface area contributed by atoms with Crippen LogP contribution in [0.3, 0.4) is 0 Å². The first-order chi connectivity index (χ1) is 8.94. The van der Waals surface area contributed by atoms with E-state index in [-0.39, 0.29) is 15.6 Å². The Hall–Kier alpha value is -2.04. The van der Waals surface area contributed by atoms with E-state index in [1.54, 1.807) is 19.1 Å². The van der Waals surface area contributed by atoms with Gasteiger partial charge >= 0.3 is 0 Å². The highest BCUT2D eigenvalue weighted by Gasteiger charge is 2.18. The monoisotopic (exact) mass is 294 g/mol. The largest absolute Gasteiger partial charge is 0.505 e. The van der Waals surface area contributed by atoms with Crippen molar-refractivity contribution in [2.45, 2.75) is 11.1 Å². The predicted molar refractivity (Wildman–Crippen MR) is 72.7 cm³/mol. The molecule has 0 atom stereocenters. The lowest BCUT2D eigenvalue weighted by atomic mass is 10.2. The Kier molecular flexibility index (Phi) is 3.46. The standard InChI is InChI=1S/C12H10N2O3S2/c1-8-3-2-4-10(12(8)15)14-19(16,17)11-6-5-9(7-13)18-11/h2-6,14-15H,1H3. The molecule has 0 amide bonds. The summed E-state index contributed by atoms with van der Waals surface area (Å²) in [5.41, 5.74) is 0.691. The molecule has 1 heterocycles. The topological polar surface area (TPSA) is 90.2 Å². The van der Waals surface area contributed by atoms with E-state index in [0.717, 1.165) is 11.3 Å². The third-order valence-electron chi connectivity index (χ3n) is 2.44. The van der Waals surface area contributed by atoms with Gasteiger partial charge in [-0.25, -0.2) is 8.42 Å². The third kappa shape index (κ3) is 2.70. The van der Waals surface area contributed by atoms with Crippen molar-refractivity contribution >= 4 is 27.0 Å². The summed E-state index contributed by atoms with van der Waals surface area (Å²) in [4.78, 5) is 0.314. The summed E-state index contributed by atoms with van der Waals surface area (Å²) in [6, 6.07) is 9.46. The number of aryl methyl sites for hydroxylation is 1. The van der Waals surface area contributed by atoms with Crippen molar-refractivity contribution in [3.8, 4) is 11.8 Å². The van der Waals surface area contributed by atoms with Crippen molar-refractivity contribution in [3.05, 3.63) is 40.8 Å². The number of thiophene rings is 1. The van der Waals surface area contributed by atoms with Gasteiger partial charge in [0.25, 0.3) is 10.0 Å². The molecule has 2 aromatic rings. The van der Waals surface area contributed by atoms with Crippen LogP contribution in [-0.4, -0.2) is 13.5 Å². The van der Waals surface area contributed by atoms with Crippen molar-refractivity contribution in [1.29, 1.82) is 5.26 Å². The van der Waals surface area contributed by atoms with E-state index in [1.165, 1.54) is 18.2 Å². The molecule has 0 aliphatic carbocycles. The molecule has 2 rings (SSSR count). The van der Waals surface area contributed by atoms with Gasteiger partial charge in [-0.3, -0.25) is 4.72 Å². The number of nitrogens with one attached hydrogen (secondary N) is 1. The Morgan fingerprint density at radius 3 is 2.68 bits per heavy atom. The quantitative estimate of drug-likeness (QED) is 0.851. The van der Waals surface area contributed by atoms with Crippen LogP contribution >= 0.6 is 11.3 Å². The molecule has 5 nitrogen and oxygen atoms in total. The number of nitriles is 1. The molecule has 0 saturated heterocycles. The number of nitrogens with zero attached hydrogens (tertiary/aromatic N) is 1. The minimum absolute atomic E-state index is 0.0324. The van der Waals surface area contributed by atoms with Gasteiger partial charge < -0.3 is 5.11 Å². The fourth-order valence-corrected chi connectivity index (χ4v) is 3.63. The first-order valence-electron chi connectivity index (χ1n) is 5.25. The van der Waals surface area contributed by atoms with Gasteiger partial charge in [-0.1, -0.05) is 12.1 Å². The van der Waals surface area contributed by atoms with E-state index in [2.05, 4.69) is 4.72 Å². The van der Waals surface area contributed by atoms with Gasteiger partial charge in [-0.2, -0.15) is 5.26 Å². The zero-order chi connectivity index (χ0) is 14.0. The second kappa shape index (κ2) is 4.91. The number of aromatic hydroxyl groups is 1. The molecule has 0 fully saturated rings. The second-order valence-corrected chi connectivity index (χ2v) is 6.80. The van der Waals surface area contributed by atoms with Crippen LogP contribution in [0.5, 0.6) is 5.75 Å². The van der Waals surface area contributed by atoms with Crippen LogP contribution < -0.4 is 4.72 Å². The van der Waals surface area contributed by atoms with Crippen LogP contribution in [0.15, 0.2) is 34.5 Å². The average Bonchev–Trinajstić information content (AvgIpc) is 2.84. The number of rotatable bonds is 3. The number of benzene rings is 1. The molecule has 0 bridgehead atoms. The number of phenolic OH excluding ortho intramolecular Hbond substituents is 1. The molecule has 0 aliphatic heterocycles. The Morgan fingerprint density at radius 2 is 2.05 bits per heavy atom.